The second-order valence-corrected chi connectivity index (χ2v) is 7.46. The van der Waals surface area contributed by atoms with E-state index in [-0.39, 0.29) is 11.4 Å². The van der Waals surface area contributed by atoms with E-state index in [4.69, 9.17) is 0 Å². The number of carbonyl (C=O) groups is 2. The Bertz CT molecular complexity index is 995. The summed E-state index contributed by atoms with van der Waals surface area (Å²) in [5.41, 5.74) is -0.975. The van der Waals surface area contributed by atoms with Crippen LogP contribution in [0.3, 0.4) is 0 Å². The van der Waals surface area contributed by atoms with E-state index in [2.05, 4.69) is 10.6 Å². The minimum absolute atomic E-state index is 0.0257. The Hall–Kier alpha value is -2.91. The van der Waals surface area contributed by atoms with Gasteiger partial charge in [0.15, 0.2) is 0 Å². The normalized spacial score (nSPS) is 11.9. The summed E-state index contributed by atoms with van der Waals surface area (Å²) < 4.78 is 38.6. The highest BCUT2D eigenvalue weighted by Gasteiger charge is 2.30. The van der Waals surface area contributed by atoms with E-state index < -0.39 is 23.6 Å². The third kappa shape index (κ3) is 5.08. The molecule has 2 N–H and O–H groups in total. The second kappa shape index (κ2) is 8.41. The topological polar surface area (TPSA) is 58.2 Å². The van der Waals surface area contributed by atoms with Gasteiger partial charge in [-0.3, -0.25) is 9.59 Å². The van der Waals surface area contributed by atoms with E-state index >= 15 is 0 Å². The van der Waals surface area contributed by atoms with E-state index in [0.29, 0.717) is 9.75 Å². The van der Waals surface area contributed by atoms with Crippen LogP contribution in [0, 0.1) is 0 Å². The van der Waals surface area contributed by atoms with Gasteiger partial charge in [-0.1, -0.05) is 18.2 Å². The maximum absolute atomic E-state index is 12.9. The van der Waals surface area contributed by atoms with Crippen LogP contribution in [0.25, 0.3) is 6.08 Å². The molecule has 0 atom stereocenters. The quantitative estimate of drug-likeness (QED) is 0.553. The van der Waals surface area contributed by atoms with Crippen molar-refractivity contribution in [2.24, 2.45) is 0 Å². The lowest BCUT2D eigenvalue weighted by molar-refractivity contribution is -0.137. The van der Waals surface area contributed by atoms with Gasteiger partial charge in [-0.2, -0.15) is 13.2 Å². The highest BCUT2D eigenvalue weighted by molar-refractivity contribution is 7.12. The molecular weight excluding hydrogens is 409 g/mol. The number of rotatable bonds is 5. The fraction of sp³-hybridized carbons (Fsp3) is 0.0526. The van der Waals surface area contributed by atoms with E-state index in [9.17, 15) is 22.8 Å². The van der Waals surface area contributed by atoms with Crippen molar-refractivity contribution >= 4 is 46.3 Å². The average Bonchev–Trinajstić information content (AvgIpc) is 3.34. The van der Waals surface area contributed by atoms with Crippen molar-refractivity contribution < 1.29 is 22.8 Å². The van der Waals surface area contributed by atoms with Crippen molar-refractivity contribution in [3.8, 4) is 0 Å². The van der Waals surface area contributed by atoms with Crippen molar-refractivity contribution in [3.63, 3.8) is 0 Å². The summed E-state index contributed by atoms with van der Waals surface area (Å²) in [6, 6.07) is 11.1. The van der Waals surface area contributed by atoms with Crippen LogP contribution in [0.4, 0.5) is 18.9 Å². The zero-order valence-corrected chi connectivity index (χ0v) is 15.8. The summed E-state index contributed by atoms with van der Waals surface area (Å²) in [6.45, 7) is 0. The van der Waals surface area contributed by atoms with Crippen LogP contribution in [0.15, 0.2) is 65.0 Å². The molecule has 0 aliphatic rings. The van der Waals surface area contributed by atoms with Crippen molar-refractivity contribution in [2.75, 3.05) is 5.32 Å². The fourth-order valence-electron chi connectivity index (χ4n) is 2.24. The third-order valence-electron chi connectivity index (χ3n) is 3.52. The Balaban J connectivity index is 1.84. The first-order valence-corrected chi connectivity index (χ1v) is 9.67. The van der Waals surface area contributed by atoms with Crippen LogP contribution < -0.4 is 10.6 Å². The Morgan fingerprint density at radius 1 is 0.964 bits per heavy atom. The monoisotopic (exact) mass is 422 g/mol. The van der Waals surface area contributed by atoms with Gasteiger partial charge in [-0.25, -0.2) is 0 Å². The molecule has 0 unspecified atom stereocenters. The summed E-state index contributed by atoms with van der Waals surface area (Å²) in [6.07, 6.45) is -3.05. The second-order valence-electron chi connectivity index (χ2n) is 5.54. The van der Waals surface area contributed by atoms with E-state index in [1.807, 2.05) is 0 Å². The van der Waals surface area contributed by atoms with Gasteiger partial charge in [0.25, 0.3) is 11.8 Å². The van der Waals surface area contributed by atoms with Gasteiger partial charge in [0.1, 0.15) is 5.70 Å². The largest absolute Gasteiger partial charge is 0.416 e. The van der Waals surface area contributed by atoms with Gasteiger partial charge in [0.2, 0.25) is 0 Å². The van der Waals surface area contributed by atoms with Gasteiger partial charge in [-0.15, -0.1) is 22.7 Å². The molecule has 4 nitrogen and oxygen atoms in total. The minimum atomic E-state index is -4.52. The Labute approximate surface area is 166 Å². The van der Waals surface area contributed by atoms with Crippen LogP contribution in [0.1, 0.15) is 20.1 Å². The Kier molecular flexibility index (Phi) is 5.96. The van der Waals surface area contributed by atoms with Crippen molar-refractivity contribution in [3.05, 3.63) is 80.3 Å². The van der Waals surface area contributed by atoms with Crippen LogP contribution in [-0.4, -0.2) is 11.8 Å². The van der Waals surface area contributed by atoms with Crippen molar-refractivity contribution in [2.45, 2.75) is 6.18 Å². The first-order valence-electron chi connectivity index (χ1n) is 7.91. The van der Waals surface area contributed by atoms with E-state index in [0.717, 1.165) is 12.1 Å². The van der Waals surface area contributed by atoms with Gasteiger partial charge < -0.3 is 10.6 Å². The van der Waals surface area contributed by atoms with Gasteiger partial charge in [0, 0.05) is 10.6 Å². The number of benzene rings is 1. The molecule has 0 fully saturated rings. The predicted molar refractivity (Wildman–Crippen MR) is 104 cm³/mol. The number of nitrogens with one attached hydrogen (secondary N) is 2. The molecule has 2 aromatic heterocycles. The molecule has 9 heteroatoms. The number of amides is 2. The maximum atomic E-state index is 12.9. The third-order valence-corrected chi connectivity index (χ3v) is 5.20. The summed E-state index contributed by atoms with van der Waals surface area (Å²) in [5, 5.41) is 8.45. The summed E-state index contributed by atoms with van der Waals surface area (Å²) in [4.78, 5) is 26.1. The van der Waals surface area contributed by atoms with Gasteiger partial charge >= 0.3 is 6.18 Å². The van der Waals surface area contributed by atoms with Crippen LogP contribution in [0.5, 0.6) is 0 Å². The highest BCUT2D eigenvalue weighted by Crippen LogP contribution is 2.30. The number of carbonyl (C=O) groups excluding carboxylic acids is 2. The summed E-state index contributed by atoms with van der Waals surface area (Å²) in [5.74, 6) is -1.20. The molecule has 0 aliphatic carbocycles. The minimum Gasteiger partial charge on any atom is -0.321 e. The van der Waals surface area contributed by atoms with E-state index in [1.54, 1.807) is 35.0 Å². The molecule has 0 bridgehead atoms. The maximum Gasteiger partial charge on any atom is 0.416 e. The van der Waals surface area contributed by atoms with Crippen molar-refractivity contribution in [1.82, 2.24) is 5.32 Å². The van der Waals surface area contributed by atoms with Crippen molar-refractivity contribution in [1.29, 1.82) is 0 Å². The molecule has 3 rings (SSSR count). The lowest BCUT2D eigenvalue weighted by atomic mass is 10.2. The SMILES string of the molecule is O=C(Nc1cccc(C(F)(F)F)c1)/C(=C\c1cccs1)NC(=O)c1cccs1. The number of alkyl halides is 3. The molecule has 0 spiro atoms. The lowest BCUT2D eigenvalue weighted by Gasteiger charge is -2.12. The lowest BCUT2D eigenvalue weighted by Crippen LogP contribution is -2.30. The van der Waals surface area contributed by atoms with Gasteiger partial charge in [0.05, 0.1) is 10.4 Å². The molecule has 2 amide bonds. The molecular formula is C19H13F3N2O2S2. The molecule has 0 radical (unpaired) electrons. The first-order chi connectivity index (χ1) is 13.3. The molecule has 144 valence electrons. The Morgan fingerprint density at radius 2 is 1.71 bits per heavy atom. The fourth-order valence-corrected chi connectivity index (χ4v) is 3.51. The number of hydrogen-bond acceptors (Lipinski definition) is 4. The molecule has 0 saturated heterocycles. The predicted octanol–water partition coefficient (Wildman–Crippen LogP) is 5.24. The zero-order chi connectivity index (χ0) is 20.1. The molecule has 2 heterocycles. The summed E-state index contributed by atoms with van der Waals surface area (Å²) >= 11 is 2.56. The molecule has 28 heavy (non-hydrogen) atoms. The molecule has 0 aliphatic heterocycles. The van der Waals surface area contributed by atoms with Gasteiger partial charge in [-0.05, 0) is 47.2 Å². The smallest absolute Gasteiger partial charge is 0.321 e. The highest BCUT2D eigenvalue weighted by atomic mass is 32.1. The number of thiophene rings is 2. The van der Waals surface area contributed by atoms with Crippen LogP contribution in [-0.2, 0) is 11.0 Å². The first kappa shape index (κ1) is 19.8. The summed E-state index contributed by atoms with van der Waals surface area (Å²) in [7, 11) is 0. The number of hydrogen-bond donors (Lipinski definition) is 2. The Morgan fingerprint density at radius 3 is 2.36 bits per heavy atom. The number of halogens is 3. The molecule has 1 aromatic carbocycles. The van der Waals surface area contributed by atoms with E-state index in [1.165, 1.54) is 40.9 Å². The van der Waals surface area contributed by atoms with Crippen LogP contribution in [0.2, 0.25) is 0 Å². The molecule has 0 saturated carbocycles. The van der Waals surface area contributed by atoms with Crippen LogP contribution >= 0.6 is 22.7 Å². The number of anilines is 1. The zero-order valence-electron chi connectivity index (χ0n) is 14.1. The molecule has 3 aromatic rings. The standard InChI is InChI=1S/C19H13F3N2O2S2/c20-19(21,22)12-4-1-5-13(10-12)23-17(25)15(11-14-6-2-8-27-14)24-18(26)16-7-3-9-28-16/h1-11H,(H,23,25)(H,24,26)/b15-11+. The average molecular weight is 422 g/mol.